The first-order chi connectivity index (χ1) is 10.9. The van der Waals surface area contributed by atoms with Crippen molar-refractivity contribution in [3.63, 3.8) is 0 Å². The SMILES string of the molecule is Cc1cc(Cl)c(NC(=O)NC[C@H](C)C[C@@H](C)O)c2cccnc12. The van der Waals surface area contributed by atoms with Gasteiger partial charge in [0.2, 0.25) is 0 Å². The van der Waals surface area contributed by atoms with Gasteiger partial charge in [-0.3, -0.25) is 4.98 Å². The first-order valence-electron chi connectivity index (χ1n) is 7.65. The number of amides is 2. The van der Waals surface area contributed by atoms with Crippen molar-refractivity contribution in [3.8, 4) is 0 Å². The van der Waals surface area contributed by atoms with Crippen molar-refractivity contribution in [2.45, 2.75) is 33.3 Å². The highest BCUT2D eigenvalue weighted by atomic mass is 35.5. The number of anilines is 1. The van der Waals surface area contributed by atoms with E-state index in [0.717, 1.165) is 16.5 Å². The summed E-state index contributed by atoms with van der Waals surface area (Å²) in [5.41, 5.74) is 2.33. The molecule has 124 valence electrons. The number of nitrogens with zero attached hydrogens (tertiary/aromatic N) is 1. The summed E-state index contributed by atoms with van der Waals surface area (Å²) in [5.74, 6) is 0.188. The number of aliphatic hydroxyl groups excluding tert-OH is 1. The van der Waals surface area contributed by atoms with Crippen LogP contribution in [0.25, 0.3) is 10.9 Å². The summed E-state index contributed by atoms with van der Waals surface area (Å²) in [7, 11) is 0. The minimum Gasteiger partial charge on any atom is -0.393 e. The maximum atomic E-state index is 12.1. The van der Waals surface area contributed by atoms with Gasteiger partial charge < -0.3 is 15.7 Å². The van der Waals surface area contributed by atoms with Crippen molar-refractivity contribution in [2.75, 3.05) is 11.9 Å². The first-order valence-corrected chi connectivity index (χ1v) is 8.03. The summed E-state index contributed by atoms with van der Waals surface area (Å²) >= 11 is 6.28. The van der Waals surface area contributed by atoms with Crippen LogP contribution in [0.5, 0.6) is 0 Å². The number of urea groups is 1. The third-order valence-corrected chi connectivity index (χ3v) is 3.92. The fourth-order valence-electron chi connectivity index (χ4n) is 2.60. The van der Waals surface area contributed by atoms with Crippen LogP contribution in [0.4, 0.5) is 10.5 Å². The van der Waals surface area contributed by atoms with E-state index in [2.05, 4.69) is 15.6 Å². The molecule has 0 unspecified atom stereocenters. The van der Waals surface area contributed by atoms with E-state index >= 15 is 0 Å². The number of hydrogen-bond acceptors (Lipinski definition) is 3. The van der Waals surface area contributed by atoms with E-state index in [4.69, 9.17) is 11.6 Å². The normalized spacial score (nSPS) is 13.6. The van der Waals surface area contributed by atoms with E-state index in [1.54, 1.807) is 19.2 Å². The van der Waals surface area contributed by atoms with E-state index in [1.807, 2.05) is 26.0 Å². The van der Waals surface area contributed by atoms with E-state index < -0.39 is 0 Å². The molecular weight excluding hydrogens is 314 g/mol. The molecule has 0 aliphatic carbocycles. The molecule has 2 amide bonds. The van der Waals surface area contributed by atoms with Crippen molar-refractivity contribution in [2.24, 2.45) is 5.92 Å². The third-order valence-electron chi connectivity index (χ3n) is 3.63. The van der Waals surface area contributed by atoms with Crippen LogP contribution < -0.4 is 10.6 Å². The van der Waals surface area contributed by atoms with Crippen LogP contribution in [-0.4, -0.2) is 28.8 Å². The molecule has 2 rings (SSSR count). The van der Waals surface area contributed by atoms with Gasteiger partial charge in [-0.25, -0.2) is 4.79 Å². The zero-order valence-electron chi connectivity index (χ0n) is 13.6. The van der Waals surface area contributed by atoms with Crippen molar-refractivity contribution < 1.29 is 9.90 Å². The van der Waals surface area contributed by atoms with Gasteiger partial charge in [0, 0.05) is 18.1 Å². The lowest BCUT2D eigenvalue weighted by Crippen LogP contribution is -2.33. The maximum Gasteiger partial charge on any atom is 0.319 e. The van der Waals surface area contributed by atoms with Gasteiger partial charge in [-0.15, -0.1) is 0 Å². The Balaban J connectivity index is 2.11. The molecule has 6 heteroatoms. The Kier molecular flexibility index (Phi) is 5.80. The van der Waals surface area contributed by atoms with Crippen molar-refractivity contribution in [3.05, 3.63) is 35.0 Å². The molecule has 0 aliphatic rings. The maximum absolute atomic E-state index is 12.1. The Hall–Kier alpha value is -1.85. The number of rotatable bonds is 5. The second-order valence-electron chi connectivity index (χ2n) is 5.97. The summed E-state index contributed by atoms with van der Waals surface area (Å²) in [4.78, 5) is 16.5. The largest absolute Gasteiger partial charge is 0.393 e. The first kappa shape index (κ1) is 17.5. The Morgan fingerprint density at radius 2 is 2.17 bits per heavy atom. The minimum atomic E-state index is -0.378. The second-order valence-corrected chi connectivity index (χ2v) is 6.38. The average molecular weight is 336 g/mol. The van der Waals surface area contributed by atoms with Gasteiger partial charge in [0.05, 0.1) is 22.3 Å². The van der Waals surface area contributed by atoms with Gasteiger partial charge in [-0.1, -0.05) is 18.5 Å². The van der Waals surface area contributed by atoms with Crippen LogP contribution in [-0.2, 0) is 0 Å². The number of fused-ring (bicyclic) bond motifs is 1. The number of halogens is 1. The number of aromatic nitrogens is 1. The van der Waals surface area contributed by atoms with Crippen LogP contribution in [0.15, 0.2) is 24.4 Å². The second kappa shape index (κ2) is 7.62. The molecule has 2 aromatic rings. The van der Waals surface area contributed by atoms with Gasteiger partial charge in [0.1, 0.15) is 0 Å². The van der Waals surface area contributed by atoms with Crippen LogP contribution in [0.3, 0.4) is 0 Å². The van der Waals surface area contributed by atoms with Crippen LogP contribution in [0.1, 0.15) is 25.8 Å². The molecule has 0 aliphatic heterocycles. The number of nitrogens with one attached hydrogen (secondary N) is 2. The predicted molar refractivity (Wildman–Crippen MR) is 94.0 cm³/mol. The highest BCUT2D eigenvalue weighted by Gasteiger charge is 2.13. The lowest BCUT2D eigenvalue weighted by Gasteiger charge is -2.16. The minimum absolute atomic E-state index is 0.188. The fourth-order valence-corrected chi connectivity index (χ4v) is 2.91. The van der Waals surface area contributed by atoms with Gasteiger partial charge in [-0.2, -0.15) is 0 Å². The number of pyridine rings is 1. The van der Waals surface area contributed by atoms with Gasteiger partial charge in [0.15, 0.2) is 0 Å². The smallest absolute Gasteiger partial charge is 0.319 e. The number of aryl methyl sites for hydroxylation is 1. The van der Waals surface area contributed by atoms with Gasteiger partial charge >= 0.3 is 6.03 Å². The highest BCUT2D eigenvalue weighted by molar-refractivity contribution is 6.35. The summed E-state index contributed by atoms with van der Waals surface area (Å²) in [5, 5.41) is 16.2. The number of benzene rings is 1. The summed E-state index contributed by atoms with van der Waals surface area (Å²) < 4.78 is 0. The molecule has 0 fully saturated rings. The molecular formula is C17H22ClN3O2. The highest BCUT2D eigenvalue weighted by Crippen LogP contribution is 2.32. The lowest BCUT2D eigenvalue weighted by atomic mass is 10.1. The van der Waals surface area contributed by atoms with E-state index in [1.165, 1.54) is 0 Å². The third kappa shape index (κ3) is 4.56. The van der Waals surface area contributed by atoms with Crippen LogP contribution >= 0.6 is 11.6 Å². The van der Waals surface area contributed by atoms with Crippen molar-refractivity contribution in [1.82, 2.24) is 10.3 Å². The molecule has 5 nitrogen and oxygen atoms in total. The average Bonchev–Trinajstić information content (AvgIpc) is 2.49. The Morgan fingerprint density at radius 1 is 1.43 bits per heavy atom. The molecule has 23 heavy (non-hydrogen) atoms. The fraction of sp³-hybridized carbons (Fsp3) is 0.412. The summed E-state index contributed by atoms with van der Waals surface area (Å²) in [6, 6.07) is 5.17. The Morgan fingerprint density at radius 3 is 2.87 bits per heavy atom. The van der Waals surface area contributed by atoms with Crippen molar-refractivity contribution >= 4 is 34.2 Å². The Labute approximate surface area is 141 Å². The van der Waals surface area contributed by atoms with Crippen LogP contribution in [0.2, 0.25) is 5.02 Å². The lowest BCUT2D eigenvalue weighted by molar-refractivity contribution is 0.163. The molecule has 1 aromatic carbocycles. The zero-order chi connectivity index (χ0) is 17.0. The zero-order valence-corrected chi connectivity index (χ0v) is 14.3. The monoisotopic (exact) mass is 335 g/mol. The molecule has 2 atom stereocenters. The summed E-state index contributed by atoms with van der Waals surface area (Å²) in [6.07, 6.45) is 1.97. The molecule has 1 heterocycles. The molecule has 0 saturated heterocycles. The molecule has 0 bridgehead atoms. The van der Waals surface area contributed by atoms with Crippen LogP contribution in [0, 0.1) is 12.8 Å². The van der Waals surface area contributed by atoms with Gasteiger partial charge in [-0.05, 0) is 49.9 Å². The molecule has 0 radical (unpaired) electrons. The van der Waals surface area contributed by atoms with Gasteiger partial charge in [0.25, 0.3) is 0 Å². The van der Waals surface area contributed by atoms with E-state index in [9.17, 15) is 9.90 Å². The molecule has 0 spiro atoms. The quantitative estimate of drug-likeness (QED) is 0.779. The standard InChI is InChI=1S/C17H22ClN3O2/c1-10(7-12(3)22)9-20-17(23)21-16-13-5-4-6-19-15(13)11(2)8-14(16)18/h4-6,8,10,12,22H,7,9H2,1-3H3,(H2,20,21,23)/t10-,12-/m1/s1. The predicted octanol–water partition coefficient (Wildman–Crippen LogP) is 3.73. The number of carbonyl (C=O) groups is 1. The molecule has 3 N–H and O–H groups in total. The molecule has 0 saturated carbocycles. The molecule has 1 aromatic heterocycles. The number of carbonyl (C=O) groups excluding carboxylic acids is 1. The number of hydrogen-bond donors (Lipinski definition) is 3. The topological polar surface area (TPSA) is 74.2 Å². The number of aliphatic hydroxyl groups is 1. The van der Waals surface area contributed by atoms with E-state index in [-0.39, 0.29) is 18.1 Å². The Bertz CT molecular complexity index is 704. The van der Waals surface area contributed by atoms with E-state index in [0.29, 0.717) is 23.7 Å². The summed E-state index contributed by atoms with van der Waals surface area (Å²) in [6.45, 7) is 6.13. The van der Waals surface area contributed by atoms with Crippen molar-refractivity contribution in [1.29, 1.82) is 0 Å².